The van der Waals surface area contributed by atoms with Crippen molar-refractivity contribution in [1.82, 2.24) is 5.32 Å². The molecule has 1 aromatic carbocycles. The third kappa shape index (κ3) is 16.9. The minimum absolute atomic E-state index is 0.606. The van der Waals surface area contributed by atoms with E-state index >= 15 is 0 Å². The van der Waals surface area contributed by atoms with Gasteiger partial charge in [0.25, 0.3) is 0 Å². The summed E-state index contributed by atoms with van der Waals surface area (Å²) in [7, 11) is 3.25. The van der Waals surface area contributed by atoms with E-state index in [1.165, 1.54) is 38.6 Å². The van der Waals surface area contributed by atoms with Crippen molar-refractivity contribution in [2.45, 2.75) is 59.8 Å². The van der Waals surface area contributed by atoms with Crippen LogP contribution in [0.4, 0.5) is 0 Å². The van der Waals surface area contributed by atoms with Crippen molar-refractivity contribution in [3.63, 3.8) is 0 Å². The normalized spacial score (nSPS) is 18.6. The maximum Gasteiger partial charge on any atom is 0.0592 e. The fraction of sp³-hybridized carbons (Fsp3) is 0.714. The van der Waals surface area contributed by atoms with E-state index in [0.717, 1.165) is 18.4 Å². The lowest BCUT2D eigenvalue weighted by Gasteiger charge is -2.25. The monoisotopic (exact) mass is 391 g/mol. The highest BCUT2D eigenvalue weighted by molar-refractivity contribution is 6.41. The average molecular weight is 392 g/mol. The molecule has 25 heavy (non-hydrogen) atoms. The van der Waals surface area contributed by atoms with Crippen LogP contribution >= 0.6 is 23.2 Å². The van der Waals surface area contributed by atoms with Crippen LogP contribution in [0, 0.1) is 11.8 Å². The van der Waals surface area contributed by atoms with Crippen molar-refractivity contribution in [2.75, 3.05) is 27.3 Å². The summed E-state index contributed by atoms with van der Waals surface area (Å²) >= 11 is 11.2. The molecule has 148 valence electrons. The zero-order chi connectivity index (χ0) is 19.5. The Morgan fingerprint density at radius 1 is 1.00 bits per heavy atom. The molecule has 0 heterocycles. The fourth-order valence-electron chi connectivity index (χ4n) is 2.54. The zero-order valence-electron chi connectivity index (χ0n) is 17.1. The third-order valence-electron chi connectivity index (χ3n) is 3.94. The Bertz CT molecular complexity index is 359. The number of ether oxygens (including phenoxy) is 1. The molecule has 1 saturated carbocycles. The molecular formula is C21H39Cl2NO. The van der Waals surface area contributed by atoms with Crippen molar-refractivity contribution in [3.8, 4) is 0 Å². The van der Waals surface area contributed by atoms with Crippen LogP contribution in [0.1, 0.15) is 59.8 Å². The van der Waals surface area contributed by atoms with Gasteiger partial charge in [-0.3, -0.25) is 0 Å². The Morgan fingerprint density at radius 3 is 1.80 bits per heavy atom. The van der Waals surface area contributed by atoms with Crippen molar-refractivity contribution >= 4 is 23.2 Å². The summed E-state index contributed by atoms with van der Waals surface area (Å²) in [5.41, 5.74) is 0. The van der Waals surface area contributed by atoms with Gasteiger partial charge in [0, 0.05) is 14.2 Å². The van der Waals surface area contributed by atoms with Crippen LogP contribution in [-0.4, -0.2) is 27.3 Å². The molecule has 0 radical (unpaired) electrons. The molecule has 1 aliphatic rings. The van der Waals surface area contributed by atoms with Crippen molar-refractivity contribution in [1.29, 1.82) is 0 Å². The lowest BCUT2D eigenvalue weighted by Crippen LogP contribution is -2.20. The van der Waals surface area contributed by atoms with Gasteiger partial charge < -0.3 is 10.1 Å². The van der Waals surface area contributed by atoms with Crippen molar-refractivity contribution in [2.24, 2.45) is 11.8 Å². The molecule has 1 aromatic rings. The number of hydrogen-bond acceptors (Lipinski definition) is 2. The highest BCUT2D eigenvalue weighted by Gasteiger charge is 2.17. The van der Waals surface area contributed by atoms with Crippen LogP contribution in [0.5, 0.6) is 0 Å². The van der Waals surface area contributed by atoms with Crippen LogP contribution in [-0.2, 0) is 4.74 Å². The largest absolute Gasteiger partial charge is 0.388 e. The van der Waals surface area contributed by atoms with Gasteiger partial charge >= 0.3 is 0 Å². The van der Waals surface area contributed by atoms with E-state index in [9.17, 15) is 0 Å². The van der Waals surface area contributed by atoms with E-state index in [1.54, 1.807) is 26.4 Å². The highest BCUT2D eigenvalue weighted by atomic mass is 35.5. The first-order valence-corrected chi connectivity index (χ1v) is 10.3. The minimum atomic E-state index is 0.606. The van der Waals surface area contributed by atoms with Gasteiger partial charge in [-0.1, -0.05) is 88.7 Å². The lowest BCUT2D eigenvalue weighted by molar-refractivity contribution is 0.276. The molecule has 0 unspecified atom stereocenters. The molecule has 0 aromatic heterocycles. The van der Waals surface area contributed by atoms with Gasteiger partial charge in [-0.05, 0) is 43.5 Å². The summed E-state index contributed by atoms with van der Waals surface area (Å²) in [5, 5.41) is 4.62. The zero-order valence-corrected chi connectivity index (χ0v) is 18.6. The standard InChI is InChI=1S/C11H23N.C6H4Cl2.C2H6O.C2H6/c1-3-12-9-8-11-6-4-10(2)5-7-11;7-5-3-1-2-4-6(5)8;1-3-2;1-2/h10-12H,3-9H2,1-2H3;1-4H;1-2H3;1-2H3. The van der Waals surface area contributed by atoms with E-state index in [1.807, 2.05) is 26.0 Å². The Morgan fingerprint density at radius 2 is 1.44 bits per heavy atom. The van der Waals surface area contributed by atoms with Gasteiger partial charge in [-0.25, -0.2) is 0 Å². The lowest BCUT2D eigenvalue weighted by atomic mass is 9.81. The maximum absolute atomic E-state index is 5.58. The van der Waals surface area contributed by atoms with Crippen molar-refractivity contribution < 1.29 is 4.74 Å². The number of halogens is 2. The van der Waals surface area contributed by atoms with E-state index in [2.05, 4.69) is 23.9 Å². The molecular weight excluding hydrogens is 353 g/mol. The average Bonchev–Trinajstić information content (AvgIpc) is 2.63. The van der Waals surface area contributed by atoms with E-state index in [0.29, 0.717) is 10.0 Å². The molecule has 0 saturated heterocycles. The maximum atomic E-state index is 5.58. The Kier molecular flexibility index (Phi) is 21.6. The molecule has 0 amide bonds. The van der Waals surface area contributed by atoms with Gasteiger partial charge in [-0.2, -0.15) is 0 Å². The topological polar surface area (TPSA) is 21.3 Å². The molecule has 2 rings (SSSR count). The fourth-order valence-corrected chi connectivity index (χ4v) is 2.81. The predicted molar refractivity (Wildman–Crippen MR) is 115 cm³/mol. The Hall–Kier alpha value is -0.280. The van der Waals surface area contributed by atoms with Gasteiger partial charge in [0.15, 0.2) is 0 Å². The summed E-state index contributed by atoms with van der Waals surface area (Å²) in [5.74, 6) is 2.03. The number of benzene rings is 1. The first-order valence-electron chi connectivity index (χ1n) is 9.55. The van der Waals surface area contributed by atoms with E-state index in [-0.39, 0.29) is 0 Å². The molecule has 0 bridgehead atoms. The number of methoxy groups -OCH3 is 1. The second kappa shape index (κ2) is 20.0. The smallest absolute Gasteiger partial charge is 0.0592 e. The van der Waals surface area contributed by atoms with Crippen LogP contribution in [0.3, 0.4) is 0 Å². The molecule has 1 N–H and O–H groups in total. The molecule has 0 atom stereocenters. The van der Waals surface area contributed by atoms with Gasteiger partial charge in [0.05, 0.1) is 10.0 Å². The molecule has 1 aliphatic carbocycles. The van der Waals surface area contributed by atoms with Crippen molar-refractivity contribution in [3.05, 3.63) is 34.3 Å². The third-order valence-corrected chi connectivity index (χ3v) is 4.70. The van der Waals surface area contributed by atoms with Crippen LogP contribution in [0.2, 0.25) is 10.0 Å². The number of nitrogens with one attached hydrogen (secondary N) is 1. The van der Waals surface area contributed by atoms with E-state index in [4.69, 9.17) is 23.2 Å². The second-order valence-electron chi connectivity index (χ2n) is 6.09. The van der Waals surface area contributed by atoms with Gasteiger partial charge in [-0.15, -0.1) is 0 Å². The molecule has 1 fully saturated rings. The summed E-state index contributed by atoms with van der Waals surface area (Å²) in [6.07, 6.45) is 7.30. The summed E-state index contributed by atoms with van der Waals surface area (Å²) in [6, 6.07) is 7.19. The predicted octanol–water partition coefficient (Wildman–Crippen LogP) is 7.09. The van der Waals surface area contributed by atoms with Gasteiger partial charge in [0.2, 0.25) is 0 Å². The Labute approximate surface area is 166 Å². The van der Waals surface area contributed by atoms with Crippen LogP contribution < -0.4 is 5.32 Å². The van der Waals surface area contributed by atoms with Crippen LogP contribution in [0.25, 0.3) is 0 Å². The SMILES string of the molecule is CC.CCNCCC1CCC(C)CC1.COC.Clc1ccccc1Cl. The minimum Gasteiger partial charge on any atom is -0.388 e. The van der Waals surface area contributed by atoms with Gasteiger partial charge in [0.1, 0.15) is 0 Å². The molecule has 4 heteroatoms. The molecule has 0 aliphatic heterocycles. The quantitative estimate of drug-likeness (QED) is 0.552. The second-order valence-corrected chi connectivity index (χ2v) is 6.90. The first kappa shape index (κ1) is 26.9. The number of hydrogen-bond donors (Lipinski definition) is 1. The summed E-state index contributed by atoms with van der Waals surface area (Å²) < 4.78 is 4.25. The Balaban J connectivity index is 0. The summed E-state index contributed by atoms with van der Waals surface area (Å²) in [6.45, 7) is 10.9. The number of rotatable bonds is 4. The first-order chi connectivity index (χ1) is 12.0. The van der Waals surface area contributed by atoms with E-state index < -0.39 is 0 Å². The highest BCUT2D eigenvalue weighted by Crippen LogP contribution is 2.29. The molecule has 0 spiro atoms. The summed E-state index contributed by atoms with van der Waals surface area (Å²) in [4.78, 5) is 0. The molecule has 2 nitrogen and oxygen atoms in total. The van der Waals surface area contributed by atoms with Crippen LogP contribution in [0.15, 0.2) is 24.3 Å².